The van der Waals surface area contributed by atoms with Gasteiger partial charge in [0, 0.05) is 49.2 Å². The van der Waals surface area contributed by atoms with Crippen LogP contribution in [0.2, 0.25) is 0 Å². The van der Waals surface area contributed by atoms with E-state index in [0.29, 0.717) is 31.1 Å². The molecule has 8 heteroatoms. The monoisotopic (exact) mass is 447 g/mol. The van der Waals surface area contributed by atoms with Crippen molar-refractivity contribution in [2.75, 3.05) is 37.6 Å². The summed E-state index contributed by atoms with van der Waals surface area (Å²) < 4.78 is 18.9. The minimum Gasteiger partial charge on any atom is -0.464 e. The van der Waals surface area contributed by atoms with Crippen LogP contribution < -0.4 is 4.90 Å². The van der Waals surface area contributed by atoms with Gasteiger partial charge in [-0.2, -0.15) is 0 Å². The normalized spacial score (nSPS) is 23.2. The van der Waals surface area contributed by atoms with E-state index >= 15 is 0 Å². The number of furan rings is 1. The molecule has 170 valence electrons. The molecule has 0 spiro atoms. The summed E-state index contributed by atoms with van der Waals surface area (Å²) >= 11 is 0. The number of carbonyl (C=O) groups excluding carboxylic acids is 1. The summed E-state index contributed by atoms with van der Waals surface area (Å²) in [4.78, 5) is 27.8. The first kappa shape index (κ1) is 20.4. The van der Waals surface area contributed by atoms with E-state index in [4.69, 9.17) is 4.42 Å². The number of anilines is 1. The van der Waals surface area contributed by atoms with E-state index < -0.39 is 5.82 Å². The molecule has 7 nitrogen and oxygen atoms in total. The Hall–Kier alpha value is -3.26. The fraction of sp³-hybridized carbons (Fsp3) is 0.400. The lowest BCUT2D eigenvalue weighted by Crippen LogP contribution is -2.57. The lowest BCUT2D eigenvalue weighted by atomic mass is 9.99. The smallest absolute Gasteiger partial charge is 0.237 e. The zero-order chi connectivity index (χ0) is 22.4. The third kappa shape index (κ3) is 3.78. The van der Waals surface area contributed by atoms with Gasteiger partial charge in [0.2, 0.25) is 11.9 Å². The molecule has 1 amide bonds. The van der Waals surface area contributed by atoms with Crippen molar-refractivity contribution in [2.45, 2.75) is 31.3 Å². The summed E-state index contributed by atoms with van der Waals surface area (Å²) in [6, 6.07) is 8.67. The Morgan fingerprint density at radius 1 is 1.12 bits per heavy atom. The highest BCUT2D eigenvalue weighted by molar-refractivity contribution is 5.91. The molecular weight excluding hydrogens is 421 g/mol. The van der Waals surface area contributed by atoms with Crippen molar-refractivity contribution < 1.29 is 13.6 Å². The van der Waals surface area contributed by atoms with Gasteiger partial charge in [-0.15, -0.1) is 0 Å². The van der Waals surface area contributed by atoms with Crippen LogP contribution in [0.3, 0.4) is 0 Å². The molecule has 2 atom stereocenters. The largest absolute Gasteiger partial charge is 0.464 e. The SMILES string of the molecule is O=C(CN1C2CCC1CN(c1ncc(F)cn1)C2)N1CC=C(c2coc3ccccc23)CC1. The Morgan fingerprint density at radius 3 is 2.61 bits per heavy atom. The first-order valence-electron chi connectivity index (χ1n) is 11.6. The van der Waals surface area contributed by atoms with E-state index in [2.05, 4.69) is 31.9 Å². The molecule has 2 bridgehead atoms. The molecule has 0 saturated carbocycles. The predicted molar refractivity (Wildman–Crippen MR) is 123 cm³/mol. The first-order valence-corrected chi connectivity index (χ1v) is 11.6. The minimum absolute atomic E-state index is 0.186. The van der Waals surface area contributed by atoms with Gasteiger partial charge < -0.3 is 14.2 Å². The summed E-state index contributed by atoms with van der Waals surface area (Å²) in [5.74, 6) is 0.330. The van der Waals surface area contributed by atoms with E-state index in [1.807, 2.05) is 29.4 Å². The molecule has 6 rings (SSSR count). The van der Waals surface area contributed by atoms with Crippen molar-refractivity contribution >= 4 is 28.4 Å². The highest BCUT2D eigenvalue weighted by Crippen LogP contribution is 2.33. The lowest BCUT2D eigenvalue weighted by molar-refractivity contribution is -0.132. The van der Waals surface area contributed by atoms with Crippen LogP contribution in [-0.2, 0) is 4.79 Å². The zero-order valence-corrected chi connectivity index (χ0v) is 18.4. The van der Waals surface area contributed by atoms with E-state index in [1.54, 1.807) is 0 Å². The van der Waals surface area contributed by atoms with Gasteiger partial charge in [0.1, 0.15) is 5.58 Å². The van der Waals surface area contributed by atoms with Gasteiger partial charge in [-0.25, -0.2) is 14.4 Å². The second-order valence-corrected chi connectivity index (χ2v) is 9.13. The van der Waals surface area contributed by atoms with Gasteiger partial charge >= 0.3 is 0 Å². The molecule has 3 aromatic rings. The summed E-state index contributed by atoms with van der Waals surface area (Å²) in [5.41, 5.74) is 3.28. The molecule has 0 aliphatic carbocycles. The highest BCUT2D eigenvalue weighted by atomic mass is 19.1. The average molecular weight is 448 g/mol. The molecule has 5 heterocycles. The number of fused-ring (bicyclic) bond motifs is 3. The molecule has 2 unspecified atom stereocenters. The second-order valence-electron chi connectivity index (χ2n) is 9.13. The summed E-state index contributed by atoms with van der Waals surface area (Å²) in [5, 5.41) is 1.13. The number of halogens is 1. The van der Waals surface area contributed by atoms with E-state index in [9.17, 15) is 9.18 Å². The van der Waals surface area contributed by atoms with Gasteiger partial charge in [0.05, 0.1) is 25.2 Å². The summed E-state index contributed by atoms with van der Waals surface area (Å²) in [7, 11) is 0. The van der Waals surface area contributed by atoms with E-state index in [0.717, 1.165) is 55.4 Å². The van der Waals surface area contributed by atoms with Crippen LogP contribution in [0, 0.1) is 5.82 Å². The number of benzene rings is 1. The third-order valence-electron chi connectivity index (χ3n) is 7.23. The van der Waals surface area contributed by atoms with Crippen LogP contribution in [0.15, 0.2) is 53.4 Å². The predicted octanol–water partition coefficient (Wildman–Crippen LogP) is 3.33. The number of nitrogens with zero attached hydrogens (tertiary/aromatic N) is 5. The van der Waals surface area contributed by atoms with Crippen LogP contribution in [-0.4, -0.2) is 70.5 Å². The van der Waals surface area contributed by atoms with Crippen LogP contribution in [0.25, 0.3) is 16.5 Å². The number of amides is 1. The first-order chi connectivity index (χ1) is 16.2. The fourth-order valence-electron chi connectivity index (χ4n) is 5.50. The Balaban J connectivity index is 1.09. The Bertz CT molecular complexity index is 1190. The third-order valence-corrected chi connectivity index (χ3v) is 7.23. The molecule has 2 aromatic heterocycles. The van der Waals surface area contributed by atoms with Crippen molar-refractivity contribution in [2.24, 2.45) is 0 Å². The van der Waals surface area contributed by atoms with E-state index in [1.165, 1.54) is 18.0 Å². The topological polar surface area (TPSA) is 65.7 Å². The number of hydrogen-bond donors (Lipinski definition) is 0. The van der Waals surface area contributed by atoms with Crippen molar-refractivity contribution in [1.82, 2.24) is 19.8 Å². The molecule has 0 radical (unpaired) electrons. The Kier molecular flexibility index (Phi) is 5.10. The average Bonchev–Trinajstić information content (AvgIpc) is 3.36. The van der Waals surface area contributed by atoms with Crippen molar-refractivity contribution in [1.29, 1.82) is 0 Å². The maximum Gasteiger partial charge on any atom is 0.237 e. The molecule has 3 aliphatic rings. The van der Waals surface area contributed by atoms with Gasteiger partial charge in [0.15, 0.2) is 5.82 Å². The quantitative estimate of drug-likeness (QED) is 0.611. The zero-order valence-electron chi connectivity index (χ0n) is 18.4. The van der Waals surface area contributed by atoms with Crippen LogP contribution in [0.4, 0.5) is 10.3 Å². The molecular formula is C25H26FN5O2. The standard InChI is InChI=1S/C25H26FN5O2/c26-18-11-27-25(28-12-18)30-13-19-5-6-20(14-30)31(19)15-24(32)29-9-7-17(8-10-29)22-16-33-23-4-2-1-3-21(22)23/h1-4,7,11-12,16,19-20H,5-6,8-10,13-15H2. The van der Waals surface area contributed by atoms with E-state index in [-0.39, 0.29) is 5.91 Å². The maximum absolute atomic E-state index is 13.2. The van der Waals surface area contributed by atoms with Crippen LogP contribution in [0.5, 0.6) is 0 Å². The van der Waals surface area contributed by atoms with Crippen molar-refractivity contribution in [3.63, 3.8) is 0 Å². The van der Waals surface area contributed by atoms with Gasteiger partial charge in [-0.3, -0.25) is 9.69 Å². The van der Waals surface area contributed by atoms with Gasteiger partial charge in [-0.1, -0.05) is 24.3 Å². The van der Waals surface area contributed by atoms with Crippen molar-refractivity contribution in [3.8, 4) is 0 Å². The van der Waals surface area contributed by atoms with Gasteiger partial charge in [0.25, 0.3) is 0 Å². The molecule has 2 saturated heterocycles. The highest BCUT2D eigenvalue weighted by Gasteiger charge is 2.41. The van der Waals surface area contributed by atoms with Crippen molar-refractivity contribution in [3.05, 3.63) is 60.4 Å². The molecule has 33 heavy (non-hydrogen) atoms. The summed E-state index contributed by atoms with van der Waals surface area (Å²) in [6.45, 7) is 3.35. The summed E-state index contributed by atoms with van der Waals surface area (Å²) in [6.07, 6.45) is 9.38. The number of carbonyl (C=O) groups is 1. The fourth-order valence-corrected chi connectivity index (χ4v) is 5.50. The second kappa shape index (κ2) is 8.26. The maximum atomic E-state index is 13.2. The van der Waals surface area contributed by atoms with Crippen LogP contribution >= 0.6 is 0 Å². The lowest BCUT2D eigenvalue weighted by Gasteiger charge is -2.41. The number of piperazine rings is 1. The number of para-hydroxylation sites is 1. The number of hydrogen-bond acceptors (Lipinski definition) is 6. The number of rotatable bonds is 4. The molecule has 1 aromatic carbocycles. The van der Waals surface area contributed by atoms with Crippen LogP contribution in [0.1, 0.15) is 24.8 Å². The number of aromatic nitrogens is 2. The Labute approximate surface area is 191 Å². The van der Waals surface area contributed by atoms with Gasteiger partial charge in [-0.05, 0) is 30.9 Å². The molecule has 2 fully saturated rings. The Morgan fingerprint density at radius 2 is 1.88 bits per heavy atom. The molecule has 0 N–H and O–H groups in total. The minimum atomic E-state index is -0.425. The molecule has 3 aliphatic heterocycles.